The lowest BCUT2D eigenvalue weighted by Gasteiger charge is -2.13. The topological polar surface area (TPSA) is 79.6 Å². The van der Waals surface area contributed by atoms with E-state index in [4.69, 9.17) is 4.98 Å². The summed E-state index contributed by atoms with van der Waals surface area (Å²) in [6.07, 6.45) is 0. The summed E-state index contributed by atoms with van der Waals surface area (Å²) in [4.78, 5) is 31.4. The van der Waals surface area contributed by atoms with Gasteiger partial charge < -0.3 is 4.57 Å². The summed E-state index contributed by atoms with van der Waals surface area (Å²) >= 11 is 0. The standard InChI is InChI=1S/C23H28N6O2/c1-14(2)12-27-19-20(24-22(27)29-17(5)11-16(4)25-29)26(6)23(31)28(21(19)30)13-18-9-7-15(3)8-10-18/h7-11,14H,12-13H2,1-6H3. The fourth-order valence-electron chi connectivity index (χ4n) is 3.91. The van der Waals surface area contributed by atoms with Crippen molar-refractivity contribution in [1.82, 2.24) is 28.5 Å². The van der Waals surface area contributed by atoms with E-state index in [0.29, 0.717) is 23.7 Å². The normalized spacial score (nSPS) is 11.7. The maximum Gasteiger partial charge on any atom is 0.332 e. The van der Waals surface area contributed by atoms with Gasteiger partial charge in [0.25, 0.3) is 5.56 Å². The smallest absolute Gasteiger partial charge is 0.302 e. The lowest BCUT2D eigenvalue weighted by molar-refractivity contribution is 0.516. The Balaban J connectivity index is 2.01. The van der Waals surface area contributed by atoms with Crippen LogP contribution in [0.25, 0.3) is 17.1 Å². The first kappa shape index (κ1) is 20.8. The molecule has 0 saturated carbocycles. The van der Waals surface area contributed by atoms with Gasteiger partial charge in [0.1, 0.15) is 0 Å². The van der Waals surface area contributed by atoms with Gasteiger partial charge in [-0.15, -0.1) is 0 Å². The maximum atomic E-state index is 13.6. The molecule has 0 radical (unpaired) electrons. The largest absolute Gasteiger partial charge is 0.332 e. The molecule has 8 nitrogen and oxygen atoms in total. The molecule has 0 fully saturated rings. The van der Waals surface area contributed by atoms with Gasteiger partial charge >= 0.3 is 5.69 Å². The van der Waals surface area contributed by atoms with Gasteiger partial charge in [-0.1, -0.05) is 43.7 Å². The highest BCUT2D eigenvalue weighted by Crippen LogP contribution is 2.19. The molecule has 0 N–H and O–H groups in total. The molecule has 0 unspecified atom stereocenters. The Hall–Kier alpha value is -3.42. The number of benzene rings is 1. The van der Waals surface area contributed by atoms with Crippen LogP contribution in [-0.4, -0.2) is 28.5 Å². The van der Waals surface area contributed by atoms with Crippen LogP contribution in [0.3, 0.4) is 0 Å². The molecule has 0 aliphatic carbocycles. The SMILES string of the molecule is Cc1ccc(Cn2c(=O)c3c(nc(-n4nc(C)cc4C)n3CC(C)C)n(C)c2=O)cc1. The van der Waals surface area contributed by atoms with Gasteiger partial charge in [-0.3, -0.25) is 13.9 Å². The predicted octanol–water partition coefficient (Wildman–Crippen LogP) is 2.71. The van der Waals surface area contributed by atoms with Crippen LogP contribution in [0.15, 0.2) is 39.9 Å². The average Bonchev–Trinajstić information content (AvgIpc) is 3.24. The Morgan fingerprint density at radius 2 is 1.68 bits per heavy atom. The minimum Gasteiger partial charge on any atom is -0.302 e. The number of hydrogen-bond acceptors (Lipinski definition) is 4. The summed E-state index contributed by atoms with van der Waals surface area (Å²) < 4.78 is 6.38. The van der Waals surface area contributed by atoms with E-state index < -0.39 is 0 Å². The van der Waals surface area contributed by atoms with E-state index >= 15 is 0 Å². The number of rotatable bonds is 5. The Kier molecular flexibility index (Phi) is 5.16. The van der Waals surface area contributed by atoms with E-state index in [1.54, 1.807) is 11.7 Å². The second-order valence-corrected chi connectivity index (χ2v) is 8.65. The second kappa shape index (κ2) is 7.68. The summed E-state index contributed by atoms with van der Waals surface area (Å²) in [5.74, 6) is 0.824. The van der Waals surface area contributed by atoms with Crippen molar-refractivity contribution in [3.05, 3.63) is 73.7 Å². The second-order valence-electron chi connectivity index (χ2n) is 8.65. The van der Waals surface area contributed by atoms with Crippen LogP contribution in [-0.2, 0) is 20.1 Å². The fourth-order valence-corrected chi connectivity index (χ4v) is 3.91. The first-order valence-corrected chi connectivity index (χ1v) is 10.5. The molecular weight excluding hydrogens is 392 g/mol. The molecule has 0 aliphatic heterocycles. The van der Waals surface area contributed by atoms with E-state index in [2.05, 4.69) is 18.9 Å². The van der Waals surface area contributed by atoms with Crippen LogP contribution < -0.4 is 11.2 Å². The zero-order valence-electron chi connectivity index (χ0n) is 18.9. The lowest BCUT2D eigenvalue weighted by Crippen LogP contribution is -2.40. The molecule has 0 amide bonds. The lowest BCUT2D eigenvalue weighted by atomic mass is 10.1. The number of imidazole rings is 1. The fraction of sp³-hybridized carbons (Fsp3) is 0.391. The van der Waals surface area contributed by atoms with Crippen LogP contribution in [0.5, 0.6) is 0 Å². The highest BCUT2D eigenvalue weighted by Gasteiger charge is 2.23. The molecule has 0 bridgehead atoms. The molecule has 1 aromatic carbocycles. The Bertz CT molecular complexity index is 1380. The quantitative estimate of drug-likeness (QED) is 0.497. The monoisotopic (exact) mass is 420 g/mol. The zero-order valence-corrected chi connectivity index (χ0v) is 18.9. The van der Waals surface area contributed by atoms with Gasteiger partial charge in [-0.25, -0.2) is 9.48 Å². The molecule has 4 rings (SSSR count). The summed E-state index contributed by atoms with van der Waals surface area (Å²) in [5, 5.41) is 4.56. The Morgan fingerprint density at radius 1 is 1.00 bits per heavy atom. The molecule has 31 heavy (non-hydrogen) atoms. The van der Waals surface area contributed by atoms with Crippen molar-refractivity contribution < 1.29 is 0 Å². The van der Waals surface area contributed by atoms with Crippen LogP contribution in [0.2, 0.25) is 0 Å². The molecule has 0 atom stereocenters. The van der Waals surface area contributed by atoms with Crippen molar-refractivity contribution >= 4 is 11.2 Å². The van der Waals surface area contributed by atoms with Crippen LogP contribution in [0.4, 0.5) is 0 Å². The van der Waals surface area contributed by atoms with E-state index in [1.807, 2.05) is 55.7 Å². The van der Waals surface area contributed by atoms with E-state index in [-0.39, 0.29) is 23.7 Å². The summed E-state index contributed by atoms with van der Waals surface area (Å²) in [6, 6.07) is 9.81. The van der Waals surface area contributed by atoms with Crippen LogP contribution in [0.1, 0.15) is 36.4 Å². The van der Waals surface area contributed by atoms with Crippen LogP contribution in [0, 0.1) is 26.7 Å². The first-order chi connectivity index (χ1) is 14.7. The number of hydrogen-bond donors (Lipinski definition) is 0. The molecule has 162 valence electrons. The third kappa shape index (κ3) is 3.62. The van der Waals surface area contributed by atoms with Gasteiger partial charge in [-0.05, 0) is 38.3 Å². The number of aromatic nitrogens is 6. The summed E-state index contributed by atoms with van der Waals surface area (Å²) in [7, 11) is 1.66. The van der Waals surface area contributed by atoms with Crippen molar-refractivity contribution in [2.24, 2.45) is 13.0 Å². The van der Waals surface area contributed by atoms with E-state index in [1.165, 1.54) is 9.13 Å². The third-order valence-corrected chi connectivity index (χ3v) is 5.42. The zero-order chi connectivity index (χ0) is 22.4. The van der Waals surface area contributed by atoms with Crippen molar-refractivity contribution in [3.63, 3.8) is 0 Å². The van der Waals surface area contributed by atoms with E-state index in [0.717, 1.165) is 22.5 Å². The molecule has 0 spiro atoms. The highest BCUT2D eigenvalue weighted by atomic mass is 16.2. The average molecular weight is 421 g/mol. The molecular formula is C23H28N6O2. The molecule has 0 saturated heterocycles. The number of nitrogens with zero attached hydrogens (tertiary/aromatic N) is 6. The van der Waals surface area contributed by atoms with Gasteiger partial charge in [0, 0.05) is 19.3 Å². The maximum absolute atomic E-state index is 13.6. The first-order valence-electron chi connectivity index (χ1n) is 10.5. The molecule has 8 heteroatoms. The van der Waals surface area contributed by atoms with Crippen molar-refractivity contribution in [1.29, 1.82) is 0 Å². The minimum absolute atomic E-state index is 0.212. The van der Waals surface area contributed by atoms with Gasteiger partial charge in [-0.2, -0.15) is 10.1 Å². The van der Waals surface area contributed by atoms with Gasteiger partial charge in [0.2, 0.25) is 5.95 Å². The van der Waals surface area contributed by atoms with Gasteiger partial charge in [0.05, 0.1) is 12.2 Å². The molecule has 0 aliphatic rings. The molecule has 3 heterocycles. The van der Waals surface area contributed by atoms with Crippen molar-refractivity contribution in [3.8, 4) is 5.95 Å². The minimum atomic E-state index is -0.382. The Labute approximate surface area is 180 Å². The van der Waals surface area contributed by atoms with Crippen LogP contribution >= 0.6 is 0 Å². The van der Waals surface area contributed by atoms with Gasteiger partial charge in [0.15, 0.2) is 11.2 Å². The predicted molar refractivity (Wildman–Crippen MR) is 121 cm³/mol. The van der Waals surface area contributed by atoms with E-state index in [9.17, 15) is 9.59 Å². The van der Waals surface area contributed by atoms with Crippen molar-refractivity contribution in [2.75, 3.05) is 0 Å². The summed E-state index contributed by atoms with van der Waals surface area (Å²) in [5.41, 5.74) is 3.89. The number of aryl methyl sites for hydroxylation is 4. The van der Waals surface area contributed by atoms with Crippen molar-refractivity contribution in [2.45, 2.75) is 47.7 Å². The highest BCUT2D eigenvalue weighted by molar-refractivity contribution is 5.72. The third-order valence-electron chi connectivity index (χ3n) is 5.42. The Morgan fingerprint density at radius 3 is 2.26 bits per heavy atom. The summed E-state index contributed by atoms with van der Waals surface area (Å²) in [6.45, 7) is 10.8. The molecule has 3 aromatic heterocycles. The molecule has 4 aromatic rings. The number of fused-ring (bicyclic) bond motifs is 1.